The van der Waals surface area contributed by atoms with Gasteiger partial charge in [0.25, 0.3) is 0 Å². The van der Waals surface area contributed by atoms with Gasteiger partial charge >= 0.3 is 0 Å². The molecule has 0 saturated heterocycles. The summed E-state index contributed by atoms with van der Waals surface area (Å²) in [7, 11) is 3.04. The van der Waals surface area contributed by atoms with Crippen LogP contribution in [-0.2, 0) is 6.42 Å². The molecule has 2 aromatic carbocycles. The van der Waals surface area contributed by atoms with Crippen LogP contribution in [0.25, 0.3) is 0 Å². The van der Waals surface area contributed by atoms with Crippen molar-refractivity contribution in [1.29, 1.82) is 0 Å². The summed E-state index contributed by atoms with van der Waals surface area (Å²) in [5.74, 6) is 0.128. The molecule has 1 atom stereocenters. The monoisotopic (exact) mass is 293 g/mol. The molecule has 112 valence electrons. The van der Waals surface area contributed by atoms with Crippen molar-refractivity contribution in [1.82, 2.24) is 0 Å². The Morgan fingerprint density at radius 3 is 2.24 bits per heavy atom. The molecule has 2 aromatic rings. The van der Waals surface area contributed by atoms with Gasteiger partial charge in [-0.05, 0) is 42.3 Å². The van der Waals surface area contributed by atoms with Crippen LogP contribution >= 0.6 is 0 Å². The zero-order valence-electron chi connectivity index (χ0n) is 11.9. The number of hydrogen-bond donors (Lipinski definition) is 1. The van der Waals surface area contributed by atoms with Crippen LogP contribution in [0.5, 0.6) is 11.5 Å². The van der Waals surface area contributed by atoms with Gasteiger partial charge in [0.05, 0.1) is 19.8 Å². The van der Waals surface area contributed by atoms with Crippen LogP contribution in [0.3, 0.4) is 0 Å². The van der Waals surface area contributed by atoms with Gasteiger partial charge in [-0.2, -0.15) is 0 Å². The fourth-order valence-corrected chi connectivity index (χ4v) is 2.28. The zero-order chi connectivity index (χ0) is 15.4. The lowest BCUT2D eigenvalue weighted by Gasteiger charge is -2.19. The third-order valence-electron chi connectivity index (χ3n) is 3.28. The maximum atomic E-state index is 13.7. The molecule has 1 unspecified atom stereocenters. The summed E-state index contributed by atoms with van der Waals surface area (Å²) in [6, 6.07) is 8.02. The molecule has 0 radical (unpaired) electrons. The first kappa shape index (κ1) is 15.3. The van der Waals surface area contributed by atoms with Crippen molar-refractivity contribution in [2.24, 2.45) is 5.73 Å². The standard InChI is InChI=1S/C16H17F2NO2/c1-20-14-4-3-5-15(21-2)16(14)13(19)9-10-8-11(17)6-7-12(10)18/h3-8,13H,9,19H2,1-2H3. The smallest absolute Gasteiger partial charge is 0.127 e. The predicted octanol–water partition coefficient (Wildman–Crippen LogP) is 3.22. The maximum Gasteiger partial charge on any atom is 0.127 e. The Labute approximate surface area is 122 Å². The van der Waals surface area contributed by atoms with E-state index in [0.717, 1.165) is 18.2 Å². The molecule has 2 rings (SSSR count). The molecule has 0 aliphatic heterocycles. The van der Waals surface area contributed by atoms with Crippen LogP contribution in [0.2, 0.25) is 0 Å². The van der Waals surface area contributed by atoms with Crippen molar-refractivity contribution in [3.05, 3.63) is 59.2 Å². The van der Waals surface area contributed by atoms with Crippen molar-refractivity contribution in [3.63, 3.8) is 0 Å². The van der Waals surface area contributed by atoms with Gasteiger partial charge in [0.15, 0.2) is 0 Å². The van der Waals surface area contributed by atoms with Gasteiger partial charge in [-0.15, -0.1) is 0 Å². The van der Waals surface area contributed by atoms with Gasteiger partial charge in [0.1, 0.15) is 23.1 Å². The number of halogens is 2. The van der Waals surface area contributed by atoms with Crippen molar-refractivity contribution < 1.29 is 18.3 Å². The van der Waals surface area contributed by atoms with Gasteiger partial charge in [-0.3, -0.25) is 0 Å². The lowest BCUT2D eigenvalue weighted by atomic mass is 9.97. The molecule has 0 amide bonds. The molecule has 0 aromatic heterocycles. The van der Waals surface area contributed by atoms with Crippen LogP contribution < -0.4 is 15.2 Å². The molecular formula is C16H17F2NO2. The lowest BCUT2D eigenvalue weighted by molar-refractivity contribution is 0.378. The van der Waals surface area contributed by atoms with E-state index in [1.165, 1.54) is 14.2 Å². The maximum absolute atomic E-state index is 13.7. The Kier molecular flexibility index (Phi) is 4.75. The lowest BCUT2D eigenvalue weighted by Crippen LogP contribution is -2.16. The second-order valence-electron chi connectivity index (χ2n) is 4.62. The van der Waals surface area contributed by atoms with Crippen molar-refractivity contribution in [2.45, 2.75) is 12.5 Å². The Morgan fingerprint density at radius 2 is 1.67 bits per heavy atom. The molecule has 0 fully saturated rings. The average Bonchev–Trinajstić information content (AvgIpc) is 2.49. The Morgan fingerprint density at radius 1 is 1.05 bits per heavy atom. The molecule has 0 bridgehead atoms. The highest BCUT2D eigenvalue weighted by molar-refractivity contribution is 5.47. The quantitative estimate of drug-likeness (QED) is 0.920. The molecule has 3 nitrogen and oxygen atoms in total. The van der Waals surface area contributed by atoms with Crippen molar-refractivity contribution >= 4 is 0 Å². The molecule has 0 aliphatic carbocycles. The minimum absolute atomic E-state index is 0.139. The van der Waals surface area contributed by atoms with Gasteiger partial charge in [0, 0.05) is 6.04 Å². The normalized spacial score (nSPS) is 12.0. The Bertz CT molecular complexity index is 609. The first-order chi connectivity index (χ1) is 10.1. The van der Waals surface area contributed by atoms with E-state index in [1.807, 2.05) is 0 Å². The second-order valence-corrected chi connectivity index (χ2v) is 4.62. The van der Waals surface area contributed by atoms with E-state index in [4.69, 9.17) is 15.2 Å². The molecule has 21 heavy (non-hydrogen) atoms. The van der Waals surface area contributed by atoms with E-state index in [9.17, 15) is 8.78 Å². The highest BCUT2D eigenvalue weighted by Crippen LogP contribution is 2.34. The number of hydrogen-bond acceptors (Lipinski definition) is 3. The summed E-state index contributed by atoms with van der Waals surface area (Å²) >= 11 is 0. The van der Waals surface area contributed by atoms with E-state index in [0.29, 0.717) is 17.1 Å². The first-order valence-electron chi connectivity index (χ1n) is 6.47. The van der Waals surface area contributed by atoms with Crippen molar-refractivity contribution in [2.75, 3.05) is 14.2 Å². The molecular weight excluding hydrogens is 276 g/mol. The third-order valence-corrected chi connectivity index (χ3v) is 3.28. The molecule has 5 heteroatoms. The van der Waals surface area contributed by atoms with Crippen molar-refractivity contribution in [3.8, 4) is 11.5 Å². The number of ether oxygens (including phenoxy) is 2. The number of rotatable bonds is 5. The minimum atomic E-state index is -0.576. The molecule has 0 spiro atoms. The first-order valence-corrected chi connectivity index (χ1v) is 6.47. The predicted molar refractivity (Wildman–Crippen MR) is 76.5 cm³/mol. The van der Waals surface area contributed by atoms with E-state index < -0.39 is 17.7 Å². The van der Waals surface area contributed by atoms with Crippen LogP contribution in [0.15, 0.2) is 36.4 Å². The fourth-order valence-electron chi connectivity index (χ4n) is 2.28. The number of benzene rings is 2. The molecule has 0 heterocycles. The Hall–Kier alpha value is -2.14. The molecule has 0 aliphatic rings. The van der Waals surface area contributed by atoms with Crippen LogP contribution in [-0.4, -0.2) is 14.2 Å². The summed E-state index contributed by atoms with van der Waals surface area (Å²) in [6.07, 6.45) is 0.139. The van der Waals surface area contributed by atoms with Gasteiger partial charge in [0.2, 0.25) is 0 Å². The minimum Gasteiger partial charge on any atom is -0.496 e. The van der Waals surface area contributed by atoms with E-state index in [-0.39, 0.29) is 12.0 Å². The van der Waals surface area contributed by atoms with Crippen LogP contribution in [0, 0.1) is 11.6 Å². The number of nitrogens with two attached hydrogens (primary N) is 1. The summed E-state index contributed by atoms with van der Waals surface area (Å²) in [5, 5.41) is 0. The fraction of sp³-hybridized carbons (Fsp3) is 0.250. The van der Waals surface area contributed by atoms with E-state index >= 15 is 0 Å². The highest BCUT2D eigenvalue weighted by Gasteiger charge is 2.19. The van der Waals surface area contributed by atoms with E-state index in [2.05, 4.69) is 0 Å². The van der Waals surface area contributed by atoms with Crippen LogP contribution in [0.1, 0.15) is 17.2 Å². The van der Waals surface area contributed by atoms with Gasteiger partial charge in [-0.1, -0.05) is 6.07 Å². The second kappa shape index (κ2) is 6.54. The van der Waals surface area contributed by atoms with E-state index in [1.54, 1.807) is 18.2 Å². The molecule has 2 N–H and O–H groups in total. The summed E-state index contributed by atoms with van der Waals surface area (Å²) in [6.45, 7) is 0. The summed E-state index contributed by atoms with van der Waals surface area (Å²) < 4.78 is 37.5. The van der Waals surface area contributed by atoms with Gasteiger partial charge in [-0.25, -0.2) is 8.78 Å². The average molecular weight is 293 g/mol. The van der Waals surface area contributed by atoms with Crippen LogP contribution in [0.4, 0.5) is 8.78 Å². The zero-order valence-corrected chi connectivity index (χ0v) is 11.9. The SMILES string of the molecule is COc1cccc(OC)c1C(N)Cc1cc(F)ccc1F. The number of methoxy groups -OCH3 is 2. The third kappa shape index (κ3) is 3.31. The summed E-state index contributed by atoms with van der Waals surface area (Å²) in [5.41, 5.74) is 7.00. The van der Waals surface area contributed by atoms with Gasteiger partial charge < -0.3 is 15.2 Å². The Balaban J connectivity index is 2.36. The molecule has 0 saturated carbocycles. The summed E-state index contributed by atoms with van der Waals surface area (Å²) in [4.78, 5) is 0. The highest BCUT2D eigenvalue weighted by atomic mass is 19.1. The topological polar surface area (TPSA) is 44.5 Å². The largest absolute Gasteiger partial charge is 0.496 e.